The zero-order chi connectivity index (χ0) is 26.9. The number of cyclic esters (lactones) is 1. The Morgan fingerprint density at radius 3 is 2.84 bits per heavy atom. The first kappa shape index (κ1) is 24.7. The van der Waals surface area contributed by atoms with Gasteiger partial charge in [0.05, 0.1) is 35.1 Å². The number of esters is 1. The molecule has 3 aromatic rings. The molecule has 2 aliphatic heterocycles. The first-order valence-corrected chi connectivity index (χ1v) is 13.0. The molecule has 4 heterocycles. The number of benzene rings is 1. The van der Waals surface area contributed by atoms with E-state index in [1.54, 1.807) is 24.5 Å². The van der Waals surface area contributed by atoms with Crippen molar-refractivity contribution in [2.24, 2.45) is 5.73 Å². The van der Waals surface area contributed by atoms with Crippen molar-refractivity contribution in [1.29, 1.82) is 0 Å². The number of nitrogens with zero attached hydrogens (tertiary/aromatic N) is 2. The highest BCUT2D eigenvalue weighted by Crippen LogP contribution is 2.45. The van der Waals surface area contributed by atoms with E-state index in [0.29, 0.717) is 54.7 Å². The van der Waals surface area contributed by atoms with Gasteiger partial charge in [-0.15, -0.1) is 0 Å². The van der Waals surface area contributed by atoms with Crippen molar-refractivity contribution in [3.8, 4) is 11.4 Å². The summed E-state index contributed by atoms with van der Waals surface area (Å²) in [5.41, 5.74) is 8.16. The Balaban J connectivity index is 1.60. The van der Waals surface area contributed by atoms with E-state index < -0.39 is 11.6 Å². The summed E-state index contributed by atoms with van der Waals surface area (Å²) in [6, 6.07) is 2.70. The predicted molar refractivity (Wildman–Crippen MR) is 137 cm³/mol. The topological polar surface area (TPSA) is 137 Å². The molecule has 1 unspecified atom stereocenters. The third kappa shape index (κ3) is 3.36. The number of ether oxygens (including phenoxy) is 1. The number of carbonyl (C=O) groups is 2. The summed E-state index contributed by atoms with van der Waals surface area (Å²) in [6.07, 6.45) is 2.07. The third-order valence-corrected chi connectivity index (χ3v) is 8.32. The molecule has 1 aliphatic carbocycles. The van der Waals surface area contributed by atoms with Crippen molar-refractivity contribution >= 4 is 22.8 Å². The maximum atomic E-state index is 15.0. The predicted octanol–water partition coefficient (Wildman–Crippen LogP) is 2.37. The van der Waals surface area contributed by atoms with Crippen LogP contribution in [-0.2, 0) is 39.5 Å². The number of amides is 1. The van der Waals surface area contributed by atoms with Crippen LogP contribution < -0.4 is 16.6 Å². The molecule has 4 N–H and O–H groups in total. The van der Waals surface area contributed by atoms with Gasteiger partial charge in [-0.2, -0.15) is 0 Å². The Bertz CT molecular complexity index is 1610. The Hall–Kier alpha value is -3.63. The first-order valence-electron chi connectivity index (χ1n) is 13.0. The van der Waals surface area contributed by atoms with Gasteiger partial charge in [-0.05, 0) is 61.9 Å². The zero-order valence-corrected chi connectivity index (χ0v) is 21.3. The molecule has 1 amide bonds. The summed E-state index contributed by atoms with van der Waals surface area (Å²) in [6.45, 7) is 3.79. The molecule has 38 heavy (non-hydrogen) atoms. The molecule has 6 rings (SSSR count). The molecule has 1 aromatic carbocycles. The van der Waals surface area contributed by atoms with Crippen molar-refractivity contribution in [3.63, 3.8) is 0 Å². The van der Waals surface area contributed by atoms with Crippen LogP contribution in [0.15, 0.2) is 16.9 Å². The lowest BCUT2D eigenvalue weighted by Gasteiger charge is -2.31. The van der Waals surface area contributed by atoms with Gasteiger partial charge in [-0.1, -0.05) is 6.92 Å². The van der Waals surface area contributed by atoms with Gasteiger partial charge in [0, 0.05) is 29.0 Å². The van der Waals surface area contributed by atoms with Gasteiger partial charge < -0.3 is 25.5 Å². The first-order chi connectivity index (χ1) is 18.2. The summed E-state index contributed by atoms with van der Waals surface area (Å²) >= 11 is 0. The fourth-order valence-corrected chi connectivity index (χ4v) is 6.23. The van der Waals surface area contributed by atoms with E-state index >= 15 is 0 Å². The van der Waals surface area contributed by atoms with Crippen molar-refractivity contribution in [2.45, 2.75) is 70.7 Å². The van der Waals surface area contributed by atoms with Crippen LogP contribution in [0.2, 0.25) is 0 Å². The Labute approximate surface area is 217 Å². The van der Waals surface area contributed by atoms with Gasteiger partial charge in [-0.25, -0.2) is 14.2 Å². The number of fused-ring (bicyclic) bond motifs is 5. The van der Waals surface area contributed by atoms with Gasteiger partial charge in [0.2, 0.25) is 5.91 Å². The molecule has 9 nitrogen and oxygen atoms in total. The lowest BCUT2D eigenvalue weighted by Crippen LogP contribution is -2.44. The summed E-state index contributed by atoms with van der Waals surface area (Å²) in [7, 11) is 0. The van der Waals surface area contributed by atoms with E-state index in [4.69, 9.17) is 15.5 Å². The number of pyridine rings is 2. The van der Waals surface area contributed by atoms with E-state index in [0.717, 1.165) is 22.1 Å². The molecular formula is C28H29FN4O5. The molecule has 0 saturated heterocycles. The second-order valence-corrected chi connectivity index (χ2v) is 10.4. The van der Waals surface area contributed by atoms with Crippen molar-refractivity contribution in [3.05, 3.63) is 61.7 Å². The fraction of sp³-hybridized carbons (Fsp3) is 0.429. The minimum Gasteiger partial charge on any atom is -0.458 e. The molecule has 0 saturated carbocycles. The Morgan fingerprint density at radius 1 is 1.32 bits per heavy atom. The monoisotopic (exact) mass is 520 g/mol. The molecule has 0 spiro atoms. The normalized spacial score (nSPS) is 21.1. The van der Waals surface area contributed by atoms with Crippen LogP contribution in [0.25, 0.3) is 22.3 Å². The molecule has 0 radical (unpaired) electrons. The van der Waals surface area contributed by atoms with Gasteiger partial charge in [0.1, 0.15) is 12.4 Å². The highest BCUT2D eigenvalue weighted by atomic mass is 19.1. The highest BCUT2D eigenvalue weighted by Gasteiger charge is 2.46. The van der Waals surface area contributed by atoms with Gasteiger partial charge >= 0.3 is 5.97 Å². The van der Waals surface area contributed by atoms with E-state index in [-0.39, 0.29) is 54.0 Å². The second kappa shape index (κ2) is 8.71. The third-order valence-electron chi connectivity index (χ3n) is 8.32. The van der Waals surface area contributed by atoms with Crippen molar-refractivity contribution < 1.29 is 23.8 Å². The molecule has 10 heteroatoms. The van der Waals surface area contributed by atoms with E-state index in [1.165, 1.54) is 6.07 Å². The number of hydrogen-bond acceptors (Lipinski definition) is 7. The standard InChI is InChI=1S/C28H29FN4O5/c1-3-28(37)17-9-21-25-15(11-33(21)26(35)16(17)12-38-27(28)36)24-19(31-22(34)5-4-8-30)7-6-14-13(2)18(29)10-20(32-25)23(14)24/h9-10,19,37H,3-8,11-12,30H2,1-2H3,(H,31,34)/t19?,28-/m0/s1. The highest BCUT2D eigenvalue weighted by molar-refractivity contribution is 5.94. The summed E-state index contributed by atoms with van der Waals surface area (Å²) < 4.78 is 21.7. The van der Waals surface area contributed by atoms with Gasteiger partial charge in [0.15, 0.2) is 5.60 Å². The second-order valence-electron chi connectivity index (χ2n) is 10.4. The number of nitrogens with one attached hydrogen (secondary N) is 1. The summed E-state index contributed by atoms with van der Waals surface area (Å²) in [4.78, 5) is 43.7. The summed E-state index contributed by atoms with van der Waals surface area (Å²) in [5, 5.41) is 15.1. The van der Waals surface area contributed by atoms with E-state index in [1.807, 2.05) is 0 Å². The summed E-state index contributed by atoms with van der Waals surface area (Å²) in [5.74, 6) is -1.27. The number of aryl methyl sites for hydroxylation is 1. The number of carbonyl (C=O) groups excluding carboxylic acids is 2. The number of aromatic nitrogens is 2. The number of rotatable bonds is 5. The van der Waals surface area contributed by atoms with Crippen LogP contribution in [0.4, 0.5) is 4.39 Å². The van der Waals surface area contributed by atoms with E-state index in [2.05, 4.69) is 5.32 Å². The lowest BCUT2D eigenvalue weighted by atomic mass is 9.81. The number of halogens is 1. The largest absolute Gasteiger partial charge is 0.458 e. The molecule has 0 bridgehead atoms. The van der Waals surface area contributed by atoms with Crippen LogP contribution in [0.3, 0.4) is 0 Å². The molecule has 198 valence electrons. The maximum absolute atomic E-state index is 15.0. The fourth-order valence-electron chi connectivity index (χ4n) is 6.23. The number of hydrogen-bond donors (Lipinski definition) is 3. The van der Waals surface area contributed by atoms with Crippen LogP contribution in [0, 0.1) is 12.7 Å². The van der Waals surface area contributed by atoms with Crippen molar-refractivity contribution in [1.82, 2.24) is 14.9 Å². The van der Waals surface area contributed by atoms with Crippen LogP contribution in [0.1, 0.15) is 72.0 Å². The smallest absolute Gasteiger partial charge is 0.343 e. The maximum Gasteiger partial charge on any atom is 0.343 e. The van der Waals surface area contributed by atoms with Crippen LogP contribution >= 0.6 is 0 Å². The Kier molecular flexibility index (Phi) is 5.66. The quantitative estimate of drug-likeness (QED) is 0.344. The molecule has 0 fully saturated rings. The molecule has 2 atom stereocenters. The van der Waals surface area contributed by atoms with Crippen LogP contribution in [-0.4, -0.2) is 33.1 Å². The minimum atomic E-state index is -1.94. The molecular weight excluding hydrogens is 491 g/mol. The lowest BCUT2D eigenvalue weighted by molar-refractivity contribution is -0.172. The van der Waals surface area contributed by atoms with Gasteiger partial charge in [-0.3, -0.25) is 9.59 Å². The molecule has 3 aliphatic rings. The van der Waals surface area contributed by atoms with Crippen molar-refractivity contribution in [2.75, 3.05) is 6.54 Å². The Morgan fingerprint density at radius 2 is 2.11 bits per heavy atom. The van der Waals surface area contributed by atoms with E-state index in [9.17, 15) is 23.9 Å². The number of aliphatic hydroxyl groups is 1. The average molecular weight is 521 g/mol. The number of nitrogens with two attached hydrogens (primary N) is 1. The minimum absolute atomic E-state index is 0.0374. The van der Waals surface area contributed by atoms with Gasteiger partial charge in [0.25, 0.3) is 5.56 Å². The average Bonchev–Trinajstić information content (AvgIpc) is 3.27. The zero-order valence-electron chi connectivity index (χ0n) is 21.3. The van der Waals surface area contributed by atoms with Crippen LogP contribution in [0.5, 0.6) is 0 Å². The molecule has 2 aromatic heterocycles. The SMILES string of the molecule is CC[C@@]1(O)C(=O)OCc2c1cc1n(c2=O)Cc2c-1nc1cc(F)c(C)c3c1c2C(NC(=O)CCCN)CC3.